The third-order valence-electron chi connectivity index (χ3n) is 2.74. The lowest BCUT2D eigenvalue weighted by Gasteiger charge is -2.42. The molecule has 0 bridgehead atoms. The van der Waals surface area contributed by atoms with E-state index in [1.165, 1.54) is 0 Å². The first-order chi connectivity index (χ1) is 9.47. The zero-order chi connectivity index (χ0) is 16.3. The van der Waals surface area contributed by atoms with Crippen molar-refractivity contribution in [2.75, 3.05) is 13.2 Å². The minimum Gasteiger partial charge on any atom is -0.460 e. The van der Waals surface area contributed by atoms with Crippen molar-refractivity contribution in [1.29, 1.82) is 0 Å². The van der Waals surface area contributed by atoms with Crippen LogP contribution >= 0.6 is 0 Å². The maximum Gasteiger partial charge on any atom is 0.330 e. The molecule has 6 nitrogen and oxygen atoms in total. The lowest BCUT2D eigenvalue weighted by atomic mass is 9.99. The van der Waals surface area contributed by atoms with Crippen molar-refractivity contribution in [1.82, 2.24) is 0 Å². The second-order valence-electron chi connectivity index (χ2n) is 6.55. The summed E-state index contributed by atoms with van der Waals surface area (Å²) in [6.07, 6.45) is 0.899. The van der Waals surface area contributed by atoms with Gasteiger partial charge in [-0.2, -0.15) is 0 Å². The van der Waals surface area contributed by atoms with Crippen LogP contribution in [0.5, 0.6) is 0 Å². The van der Waals surface area contributed by atoms with E-state index in [-0.39, 0.29) is 19.6 Å². The summed E-state index contributed by atoms with van der Waals surface area (Å²) in [5, 5.41) is 0. The fourth-order valence-electron chi connectivity index (χ4n) is 1.79. The van der Waals surface area contributed by atoms with E-state index in [1.807, 2.05) is 0 Å². The Morgan fingerprint density at radius 1 is 1.24 bits per heavy atom. The SMILES string of the molecule is C=CC(=O)OC1(CC(=O)OC(C)(C)C)COC(C)(C)OC1. The lowest BCUT2D eigenvalue weighted by molar-refractivity contribution is -0.304. The Morgan fingerprint density at radius 2 is 1.76 bits per heavy atom. The maximum absolute atomic E-state index is 12.0. The van der Waals surface area contributed by atoms with E-state index in [0.29, 0.717) is 0 Å². The fraction of sp³-hybridized carbons (Fsp3) is 0.733. The smallest absolute Gasteiger partial charge is 0.330 e. The molecule has 1 rings (SSSR count). The van der Waals surface area contributed by atoms with Gasteiger partial charge in [-0.25, -0.2) is 4.79 Å². The minimum absolute atomic E-state index is 0.0544. The van der Waals surface area contributed by atoms with Crippen molar-refractivity contribution in [2.24, 2.45) is 0 Å². The highest BCUT2D eigenvalue weighted by molar-refractivity contribution is 5.82. The molecule has 0 aliphatic carbocycles. The van der Waals surface area contributed by atoms with Crippen LogP contribution in [-0.4, -0.2) is 42.1 Å². The first-order valence-corrected chi connectivity index (χ1v) is 6.82. The molecule has 1 aliphatic rings. The molecule has 0 aromatic rings. The van der Waals surface area contributed by atoms with Crippen LogP contribution in [0.25, 0.3) is 0 Å². The molecule has 0 aromatic carbocycles. The van der Waals surface area contributed by atoms with Gasteiger partial charge in [0.05, 0.1) is 19.6 Å². The van der Waals surface area contributed by atoms with Gasteiger partial charge in [-0.3, -0.25) is 4.79 Å². The summed E-state index contributed by atoms with van der Waals surface area (Å²) in [4.78, 5) is 23.5. The Kier molecular flexibility index (Phi) is 5.17. The van der Waals surface area contributed by atoms with Gasteiger partial charge >= 0.3 is 11.9 Å². The lowest BCUT2D eigenvalue weighted by Crippen LogP contribution is -2.54. The zero-order valence-electron chi connectivity index (χ0n) is 13.4. The molecule has 0 unspecified atom stereocenters. The van der Waals surface area contributed by atoms with Crippen LogP contribution in [-0.2, 0) is 28.5 Å². The van der Waals surface area contributed by atoms with Crippen LogP contribution in [0.15, 0.2) is 12.7 Å². The van der Waals surface area contributed by atoms with Crippen molar-refractivity contribution in [3.05, 3.63) is 12.7 Å². The predicted octanol–water partition coefficient (Wildman–Crippen LogP) is 1.97. The quantitative estimate of drug-likeness (QED) is 0.584. The first kappa shape index (κ1) is 17.7. The first-order valence-electron chi connectivity index (χ1n) is 6.82. The third-order valence-corrected chi connectivity index (χ3v) is 2.74. The van der Waals surface area contributed by atoms with E-state index in [9.17, 15) is 9.59 Å². The van der Waals surface area contributed by atoms with E-state index in [4.69, 9.17) is 18.9 Å². The number of hydrogen-bond donors (Lipinski definition) is 0. The van der Waals surface area contributed by atoms with Crippen molar-refractivity contribution in [3.8, 4) is 0 Å². The number of rotatable bonds is 4. The fourth-order valence-corrected chi connectivity index (χ4v) is 1.79. The number of ether oxygens (including phenoxy) is 4. The van der Waals surface area contributed by atoms with Crippen molar-refractivity contribution < 1.29 is 28.5 Å². The van der Waals surface area contributed by atoms with Crippen LogP contribution in [0.1, 0.15) is 41.0 Å². The average molecular weight is 300 g/mol. The van der Waals surface area contributed by atoms with Gasteiger partial charge in [0.15, 0.2) is 11.4 Å². The largest absolute Gasteiger partial charge is 0.460 e. The summed E-state index contributed by atoms with van der Waals surface area (Å²) in [6, 6.07) is 0. The standard InChI is InChI=1S/C15H24O6/c1-7-11(16)21-15(8-12(17)20-13(2,3)4)9-18-14(5,6)19-10-15/h7H,1,8-10H2,2-6H3. The van der Waals surface area contributed by atoms with Gasteiger partial charge in [0.25, 0.3) is 0 Å². The molecule has 0 atom stereocenters. The Bertz CT molecular complexity index is 408. The van der Waals surface area contributed by atoms with Crippen LogP contribution in [0, 0.1) is 0 Å². The van der Waals surface area contributed by atoms with Gasteiger partial charge < -0.3 is 18.9 Å². The average Bonchev–Trinajstić information content (AvgIpc) is 2.30. The highest BCUT2D eigenvalue weighted by atomic mass is 16.7. The molecule has 1 saturated heterocycles. The number of carbonyl (C=O) groups is 2. The molecule has 21 heavy (non-hydrogen) atoms. The van der Waals surface area contributed by atoms with E-state index < -0.39 is 28.9 Å². The van der Waals surface area contributed by atoms with Crippen molar-refractivity contribution >= 4 is 11.9 Å². The molecule has 0 spiro atoms. The van der Waals surface area contributed by atoms with E-state index in [1.54, 1.807) is 34.6 Å². The van der Waals surface area contributed by atoms with Crippen LogP contribution in [0.3, 0.4) is 0 Å². The van der Waals surface area contributed by atoms with Gasteiger partial charge in [0.1, 0.15) is 5.60 Å². The molecule has 0 amide bonds. The van der Waals surface area contributed by atoms with Crippen molar-refractivity contribution in [2.45, 2.75) is 58.0 Å². The number of carbonyl (C=O) groups excluding carboxylic acids is 2. The molecule has 1 aliphatic heterocycles. The zero-order valence-corrected chi connectivity index (χ0v) is 13.4. The van der Waals surface area contributed by atoms with E-state index in [0.717, 1.165) is 6.08 Å². The molecule has 0 N–H and O–H groups in total. The summed E-state index contributed by atoms with van der Waals surface area (Å²) >= 11 is 0. The summed E-state index contributed by atoms with van der Waals surface area (Å²) in [7, 11) is 0. The molecule has 6 heteroatoms. The Hall–Kier alpha value is -1.40. The Morgan fingerprint density at radius 3 is 2.19 bits per heavy atom. The molecular weight excluding hydrogens is 276 g/mol. The normalized spacial score (nSPS) is 20.4. The highest BCUT2D eigenvalue weighted by Crippen LogP contribution is 2.30. The van der Waals surface area contributed by atoms with Gasteiger partial charge in [-0.15, -0.1) is 0 Å². The molecule has 0 aromatic heterocycles. The summed E-state index contributed by atoms with van der Waals surface area (Å²) in [6.45, 7) is 12.3. The van der Waals surface area contributed by atoms with Gasteiger partial charge in [0, 0.05) is 6.08 Å². The van der Waals surface area contributed by atoms with Crippen LogP contribution in [0.2, 0.25) is 0 Å². The van der Waals surface area contributed by atoms with E-state index in [2.05, 4.69) is 6.58 Å². The van der Waals surface area contributed by atoms with Gasteiger partial charge in [-0.1, -0.05) is 6.58 Å². The molecule has 120 valence electrons. The monoisotopic (exact) mass is 300 g/mol. The molecule has 0 saturated carbocycles. The van der Waals surface area contributed by atoms with E-state index >= 15 is 0 Å². The predicted molar refractivity (Wildman–Crippen MR) is 75.5 cm³/mol. The second kappa shape index (κ2) is 6.15. The third kappa shape index (κ3) is 5.85. The number of esters is 2. The second-order valence-corrected chi connectivity index (χ2v) is 6.55. The molecular formula is C15H24O6. The molecule has 1 fully saturated rings. The minimum atomic E-state index is -1.19. The number of hydrogen-bond acceptors (Lipinski definition) is 6. The highest BCUT2D eigenvalue weighted by Gasteiger charge is 2.45. The Balaban J connectivity index is 2.81. The summed E-state index contributed by atoms with van der Waals surface area (Å²) in [5.74, 6) is -1.89. The topological polar surface area (TPSA) is 71.1 Å². The Labute approximate surface area is 125 Å². The molecule has 0 radical (unpaired) electrons. The van der Waals surface area contributed by atoms with Crippen LogP contribution < -0.4 is 0 Å². The van der Waals surface area contributed by atoms with Gasteiger partial charge in [0.2, 0.25) is 0 Å². The van der Waals surface area contributed by atoms with Gasteiger partial charge in [-0.05, 0) is 34.6 Å². The maximum atomic E-state index is 12.0. The summed E-state index contributed by atoms with van der Waals surface area (Å²) < 4.78 is 21.6. The summed E-state index contributed by atoms with van der Waals surface area (Å²) in [5.41, 5.74) is -1.81. The molecule has 1 heterocycles. The van der Waals surface area contributed by atoms with Crippen molar-refractivity contribution in [3.63, 3.8) is 0 Å². The van der Waals surface area contributed by atoms with Crippen LogP contribution in [0.4, 0.5) is 0 Å².